The van der Waals surface area contributed by atoms with Crippen molar-refractivity contribution >= 4 is 40.1 Å². The largest absolute Gasteiger partial charge is 0.476 e. The summed E-state index contributed by atoms with van der Waals surface area (Å²) in [6.07, 6.45) is 4.71. The molecule has 0 unspecified atom stereocenters. The van der Waals surface area contributed by atoms with Gasteiger partial charge in [0.1, 0.15) is 11.0 Å². The minimum Gasteiger partial charge on any atom is -0.476 e. The highest BCUT2D eigenvalue weighted by Crippen LogP contribution is 2.53. The van der Waals surface area contributed by atoms with E-state index in [0.29, 0.717) is 22.4 Å². The number of rotatable bonds is 5. The summed E-state index contributed by atoms with van der Waals surface area (Å²) in [6, 6.07) is 4.95. The number of nitrogens with zero attached hydrogens (tertiary/aromatic N) is 4. The van der Waals surface area contributed by atoms with Gasteiger partial charge in [0.05, 0.1) is 22.6 Å². The van der Waals surface area contributed by atoms with Crippen LogP contribution in [-0.2, 0) is 7.05 Å². The third kappa shape index (κ3) is 3.98. The van der Waals surface area contributed by atoms with E-state index in [0.717, 1.165) is 25.9 Å². The Bertz CT molecular complexity index is 1360. The number of pyridine rings is 1. The van der Waals surface area contributed by atoms with Gasteiger partial charge in [-0.05, 0) is 62.3 Å². The molecule has 1 spiro atoms. The van der Waals surface area contributed by atoms with Crippen molar-refractivity contribution in [3.63, 3.8) is 0 Å². The molecule has 1 aliphatic heterocycles. The van der Waals surface area contributed by atoms with E-state index in [1.165, 1.54) is 41.7 Å². The smallest absolute Gasteiger partial charge is 0.356 e. The number of halogens is 2. The average Bonchev–Trinajstić information content (AvgIpc) is 3.56. The maximum absolute atomic E-state index is 14.6. The zero-order chi connectivity index (χ0) is 24.2. The number of carbonyl (C=O) groups is 1. The molecule has 2 aromatic heterocycles. The first-order chi connectivity index (χ1) is 16.2. The molecule has 0 bridgehead atoms. The second-order valence-electron chi connectivity index (χ2n) is 9.36. The molecule has 1 saturated carbocycles. The van der Waals surface area contributed by atoms with Crippen LogP contribution < -0.4 is 15.8 Å². The predicted molar refractivity (Wildman–Crippen MR) is 128 cm³/mol. The molecule has 1 atom stereocenters. The van der Waals surface area contributed by atoms with E-state index in [2.05, 4.69) is 15.2 Å². The number of piperidine rings is 1. The molecule has 1 aliphatic carbocycles. The summed E-state index contributed by atoms with van der Waals surface area (Å²) >= 11 is 5.85. The molecular weight excluding hydrogens is 461 g/mol. The number of nitrogens with one attached hydrogen (secondary N) is 1. The van der Waals surface area contributed by atoms with E-state index >= 15 is 0 Å². The Hall–Kier alpha value is -3.20. The normalized spacial score (nSPS) is 17.7. The molecule has 3 heterocycles. The maximum atomic E-state index is 14.6. The summed E-state index contributed by atoms with van der Waals surface area (Å²) < 4.78 is 16.1. The molecular formula is C24H25ClFN5O3. The molecule has 3 aromatic rings. The van der Waals surface area contributed by atoms with Gasteiger partial charge >= 0.3 is 5.97 Å². The van der Waals surface area contributed by atoms with Crippen molar-refractivity contribution in [3.8, 4) is 0 Å². The SMILES string of the molecule is C[C@H](Nc1ccc(Cl)nc1C(=O)O)c1cc(F)cc2c(=O)n(C)c(N3CCC4(CC3)CC4)nc12. The van der Waals surface area contributed by atoms with Crippen molar-refractivity contribution in [2.75, 3.05) is 23.3 Å². The Labute approximate surface area is 200 Å². The number of fused-ring (bicyclic) bond motifs is 1. The number of aromatic carboxylic acids is 1. The number of hydrogen-bond donors (Lipinski definition) is 2. The fourth-order valence-electron chi connectivity index (χ4n) is 4.85. The lowest BCUT2D eigenvalue weighted by Crippen LogP contribution is -2.38. The van der Waals surface area contributed by atoms with Crippen LogP contribution in [0.25, 0.3) is 10.9 Å². The lowest BCUT2D eigenvalue weighted by atomic mass is 9.94. The number of aromatic nitrogens is 3. The summed E-state index contributed by atoms with van der Waals surface area (Å²) in [5.74, 6) is -1.24. The van der Waals surface area contributed by atoms with Crippen LogP contribution in [0, 0.1) is 11.2 Å². The molecule has 1 saturated heterocycles. The average molecular weight is 486 g/mol. The van der Waals surface area contributed by atoms with E-state index in [1.54, 1.807) is 14.0 Å². The van der Waals surface area contributed by atoms with Gasteiger partial charge in [-0.25, -0.2) is 19.2 Å². The first-order valence-corrected chi connectivity index (χ1v) is 11.7. The topological polar surface area (TPSA) is 100 Å². The molecule has 2 aliphatic rings. The Morgan fingerprint density at radius 1 is 1.21 bits per heavy atom. The second kappa shape index (κ2) is 8.23. The Morgan fingerprint density at radius 3 is 2.56 bits per heavy atom. The molecule has 8 nitrogen and oxygen atoms in total. The van der Waals surface area contributed by atoms with Gasteiger partial charge in [0, 0.05) is 25.7 Å². The van der Waals surface area contributed by atoms with Gasteiger partial charge in [-0.15, -0.1) is 0 Å². The van der Waals surface area contributed by atoms with Gasteiger partial charge in [0.15, 0.2) is 5.69 Å². The summed E-state index contributed by atoms with van der Waals surface area (Å²) in [4.78, 5) is 35.7. The van der Waals surface area contributed by atoms with Crippen molar-refractivity contribution in [2.24, 2.45) is 12.5 Å². The van der Waals surface area contributed by atoms with Crippen LogP contribution in [0.4, 0.5) is 16.0 Å². The van der Waals surface area contributed by atoms with E-state index in [-0.39, 0.29) is 27.5 Å². The third-order valence-electron chi connectivity index (χ3n) is 7.12. The molecule has 1 aromatic carbocycles. The lowest BCUT2D eigenvalue weighted by molar-refractivity contribution is 0.0691. The Morgan fingerprint density at radius 2 is 1.91 bits per heavy atom. The van der Waals surface area contributed by atoms with Crippen molar-refractivity contribution in [3.05, 3.63) is 56.8 Å². The van der Waals surface area contributed by atoms with Crippen LogP contribution in [-0.4, -0.2) is 38.7 Å². The van der Waals surface area contributed by atoms with Crippen LogP contribution in [0.5, 0.6) is 0 Å². The monoisotopic (exact) mass is 485 g/mol. The molecule has 2 fully saturated rings. The van der Waals surface area contributed by atoms with Gasteiger partial charge in [-0.3, -0.25) is 9.36 Å². The van der Waals surface area contributed by atoms with E-state index in [4.69, 9.17) is 16.6 Å². The van der Waals surface area contributed by atoms with E-state index in [1.807, 2.05) is 0 Å². The molecule has 0 radical (unpaired) electrons. The quantitative estimate of drug-likeness (QED) is 0.517. The standard InChI is InChI=1S/C24H25ClFN5O3/c1-13(27-17-3-4-18(25)28-20(17)22(33)34)15-11-14(26)12-16-19(15)29-23(30(2)21(16)32)31-9-7-24(5-6-24)8-10-31/h3-4,11-13,27H,5-10H2,1-2H3,(H,33,34)/t13-/m0/s1. The van der Waals surface area contributed by atoms with Crippen LogP contribution in [0.2, 0.25) is 5.15 Å². The molecule has 34 heavy (non-hydrogen) atoms. The summed E-state index contributed by atoms with van der Waals surface area (Å²) in [5, 5.41) is 12.8. The van der Waals surface area contributed by atoms with Crippen LogP contribution in [0.1, 0.15) is 54.7 Å². The number of carboxylic acids is 1. The molecule has 10 heteroatoms. The third-order valence-corrected chi connectivity index (χ3v) is 7.33. The maximum Gasteiger partial charge on any atom is 0.356 e. The Balaban J connectivity index is 1.56. The number of anilines is 2. The fraction of sp³-hybridized carbons (Fsp3) is 0.417. The van der Waals surface area contributed by atoms with E-state index in [9.17, 15) is 19.1 Å². The second-order valence-corrected chi connectivity index (χ2v) is 9.74. The van der Waals surface area contributed by atoms with Gasteiger partial charge in [0.2, 0.25) is 5.95 Å². The van der Waals surface area contributed by atoms with Crippen molar-refractivity contribution in [2.45, 2.75) is 38.6 Å². The highest BCUT2D eigenvalue weighted by molar-refractivity contribution is 6.29. The van der Waals surface area contributed by atoms with Crippen LogP contribution >= 0.6 is 11.6 Å². The van der Waals surface area contributed by atoms with Crippen molar-refractivity contribution < 1.29 is 14.3 Å². The zero-order valence-electron chi connectivity index (χ0n) is 18.9. The molecule has 2 N–H and O–H groups in total. The summed E-state index contributed by atoms with van der Waals surface area (Å²) in [7, 11) is 1.66. The van der Waals surface area contributed by atoms with Gasteiger partial charge in [-0.2, -0.15) is 0 Å². The number of benzene rings is 1. The minimum atomic E-state index is -1.24. The Kier molecular flexibility index (Phi) is 5.47. The van der Waals surface area contributed by atoms with Gasteiger partial charge in [-0.1, -0.05) is 11.6 Å². The molecule has 178 valence electrons. The van der Waals surface area contributed by atoms with Gasteiger partial charge in [0.25, 0.3) is 5.56 Å². The minimum absolute atomic E-state index is 0.0520. The van der Waals surface area contributed by atoms with Crippen molar-refractivity contribution in [1.82, 2.24) is 14.5 Å². The predicted octanol–water partition coefficient (Wildman–Crippen LogP) is 4.37. The first kappa shape index (κ1) is 22.6. The highest BCUT2D eigenvalue weighted by Gasteiger charge is 2.44. The summed E-state index contributed by atoms with van der Waals surface area (Å²) in [6.45, 7) is 3.41. The summed E-state index contributed by atoms with van der Waals surface area (Å²) in [5.41, 5.74) is 0.997. The van der Waals surface area contributed by atoms with Crippen molar-refractivity contribution in [1.29, 1.82) is 0 Å². The first-order valence-electron chi connectivity index (χ1n) is 11.3. The highest BCUT2D eigenvalue weighted by atomic mass is 35.5. The zero-order valence-corrected chi connectivity index (χ0v) is 19.7. The lowest BCUT2D eigenvalue weighted by Gasteiger charge is -2.33. The van der Waals surface area contributed by atoms with E-state index < -0.39 is 17.8 Å². The molecule has 5 rings (SSSR count). The van der Waals surface area contributed by atoms with Gasteiger partial charge < -0.3 is 15.3 Å². The van der Waals surface area contributed by atoms with Crippen LogP contribution in [0.15, 0.2) is 29.1 Å². The number of hydrogen-bond acceptors (Lipinski definition) is 6. The fourth-order valence-corrected chi connectivity index (χ4v) is 5.00. The van der Waals surface area contributed by atoms with Crippen LogP contribution in [0.3, 0.4) is 0 Å². The number of carboxylic acid groups (broad SMARTS) is 1. The molecule has 0 amide bonds.